The number of H-pyrrole nitrogens is 1. The highest BCUT2D eigenvalue weighted by Crippen LogP contribution is 2.32. The van der Waals surface area contributed by atoms with Gasteiger partial charge in [0.2, 0.25) is 0 Å². The number of aromatic nitrogens is 1. The van der Waals surface area contributed by atoms with E-state index in [-0.39, 0.29) is 5.82 Å². The molecule has 1 N–H and O–H groups in total. The van der Waals surface area contributed by atoms with Crippen LogP contribution in [0.3, 0.4) is 0 Å². The van der Waals surface area contributed by atoms with Gasteiger partial charge in [-0.25, -0.2) is 4.39 Å². The molecule has 1 heterocycles. The van der Waals surface area contributed by atoms with Crippen LogP contribution in [0, 0.1) is 5.82 Å². The van der Waals surface area contributed by atoms with E-state index < -0.39 is 0 Å². The Kier molecular flexibility index (Phi) is 1.78. The van der Waals surface area contributed by atoms with Gasteiger partial charge in [-0.05, 0) is 35.0 Å². The molecule has 4 aromatic rings. The standard InChI is InChI=1S/C16H10FN/c17-11-6-8-14-13(9-11)16-12-4-2-1-3-10(12)5-7-15(16)18-14/h1-9,18H. The molecule has 1 nitrogen and oxygen atoms in total. The summed E-state index contributed by atoms with van der Waals surface area (Å²) in [6.07, 6.45) is 0. The van der Waals surface area contributed by atoms with Gasteiger partial charge in [0.25, 0.3) is 0 Å². The smallest absolute Gasteiger partial charge is 0.123 e. The third-order valence-corrected chi connectivity index (χ3v) is 3.45. The molecule has 0 aliphatic carbocycles. The van der Waals surface area contributed by atoms with Crippen molar-refractivity contribution in [2.45, 2.75) is 0 Å². The molecule has 86 valence electrons. The van der Waals surface area contributed by atoms with Gasteiger partial charge in [-0.15, -0.1) is 0 Å². The van der Waals surface area contributed by atoms with E-state index in [1.807, 2.05) is 12.1 Å². The lowest BCUT2D eigenvalue weighted by Crippen LogP contribution is -1.75. The van der Waals surface area contributed by atoms with E-state index in [0.29, 0.717) is 0 Å². The second-order valence-electron chi connectivity index (χ2n) is 4.52. The van der Waals surface area contributed by atoms with E-state index in [0.717, 1.165) is 27.2 Å². The van der Waals surface area contributed by atoms with Crippen LogP contribution in [-0.4, -0.2) is 4.98 Å². The van der Waals surface area contributed by atoms with Gasteiger partial charge in [-0.3, -0.25) is 0 Å². The van der Waals surface area contributed by atoms with Crippen molar-refractivity contribution in [3.05, 3.63) is 60.4 Å². The maximum atomic E-state index is 13.4. The summed E-state index contributed by atoms with van der Waals surface area (Å²) in [5.41, 5.74) is 2.03. The second-order valence-corrected chi connectivity index (χ2v) is 4.52. The minimum absolute atomic E-state index is 0.198. The zero-order valence-corrected chi connectivity index (χ0v) is 9.57. The van der Waals surface area contributed by atoms with Gasteiger partial charge in [0.1, 0.15) is 5.82 Å². The molecule has 3 aromatic carbocycles. The molecule has 2 heteroatoms. The maximum absolute atomic E-state index is 13.4. The third kappa shape index (κ3) is 1.20. The fourth-order valence-corrected chi connectivity index (χ4v) is 2.64. The van der Waals surface area contributed by atoms with E-state index in [1.165, 1.54) is 11.5 Å². The van der Waals surface area contributed by atoms with Crippen LogP contribution in [0.4, 0.5) is 4.39 Å². The monoisotopic (exact) mass is 235 g/mol. The summed E-state index contributed by atoms with van der Waals surface area (Å²) < 4.78 is 13.4. The molecule has 0 fully saturated rings. The van der Waals surface area contributed by atoms with Crippen LogP contribution in [0.2, 0.25) is 0 Å². The summed E-state index contributed by atoms with van der Waals surface area (Å²) in [4.78, 5) is 3.33. The second kappa shape index (κ2) is 3.33. The van der Waals surface area contributed by atoms with Gasteiger partial charge in [-0.1, -0.05) is 30.3 Å². The van der Waals surface area contributed by atoms with Crippen LogP contribution in [0.1, 0.15) is 0 Å². The summed E-state index contributed by atoms with van der Waals surface area (Å²) in [6.45, 7) is 0. The molecule has 0 aliphatic rings. The van der Waals surface area contributed by atoms with Crippen molar-refractivity contribution in [1.29, 1.82) is 0 Å². The van der Waals surface area contributed by atoms with Crippen LogP contribution in [0.25, 0.3) is 32.6 Å². The van der Waals surface area contributed by atoms with Gasteiger partial charge in [0.15, 0.2) is 0 Å². The van der Waals surface area contributed by atoms with E-state index in [9.17, 15) is 4.39 Å². The molecular formula is C16H10FN. The Morgan fingerprint density at radius 1 is 0.778 bits per heavy atom. The van der Waals surface area contributed by atoms with Crippen LogP contribution >= 0.6 is 0 Å². The van der Waals surface area contributed by atoms with Crippen LogP contribution in [0.5, 0.6) is 0 Å². The maximum Gasteiger partial charge on any atom is 0.123 e. The molecule has 0 saturated heterocycles. The first-order chi connectivity index (χ1) is 8.83. The van der Waals surface area contributed by atoms with Crippen LogP contribution in [-0.2, 0) is 0 Å². The Morgan fingerprint density at radius 3 is 2.56 bits per heavy atom. The molecule has 4 rings (SSSR count). The summed E-state index contributed by atoms with van der Waals surface area (Å²) >= 11 is 0. The molecular weight excluding hydrogens is 225 g/mol. The number of hydrogen-bond acceptors (Lipinski definition) is 0. The number of halogens is 1. The SMILES string of the molecule is Fc1ccc2[nH]c3ccc4ccccc4c3c2c1. The highest BCUT2D eigenvalue weighted by molar-refractivity contribution is 6.20. The Bertz CT molecular complexity index is 889. The normalized spacial score (nSPS) is 11.6. The lowest BCUT2D eigenvalue weighted by molar-refractivity contribution is 0.630. The quantitative estimate of drug-likeness (QED) is 0.458. The summed E-state index contributed by atoms with van der Waals surface area (Å²) in [6, 6.07) is 17.2. The molecule has 1 aromatic heterocycles. The number of hydrogen-bond donors (Lipinski definition) is 1. The van der Waals surface area contributed by atoms with E-state index in [4.69, 9.17) is 0 Å². The molecule has 0 amide bonds. The number of aromatic amines is 1. The molecule has 0 bridgehead atoms. The van der Waals surface area contributed by atoms with E-state index in [1.54, 1.807) is 12.1 Å². The Balaban J connectivity index is 2.35. The highest BCUT2D eigenvalue weighted by Gasteiger charge is 2.08. The number of nitrogens with one attached hydrogen (secondary N) is 1. The molecule has 0 atom stereocenters. The topological polar surface area (TPSA) is 15.8 Å². The predicted octanol–water partition coefficient (Wildman–Crippen LogP) is 4.61. The van der Waals surface area contributed by atoms with Crippen molar-refractivity contribution >= 4 is 32.6 Å². The largest absolute Gasteiger partial charge is 0.354 e. The first-order valence-electron chi connectivity index (χ1n) is 5.92. The van der Waals surface area contributed by atoms with Crippen molar-refractivity contribution in [3.8, 4) is 0 Å². The highest BCUT2D eigenvalue weighted by atomic mass is 19.1. The number of benzene rings is 3. The van der Waals surface area contributed by atoms with E-state index in [2.05, 4.69) is 29.2 Å². The van der Waals surface area contributed by atoms with Gasteiger partial charge in [0, 0.05) is 21.8 Å². The van der Waals surface area contributed by atoms with Crippen molar-refractivity contribution in [2.24, 2.45) is 0 Å². The lowest BCUT2D eigenvalue weighted by Gasteiger charge is -1.99. The zero-order valence-electron chi connectivity index (χ0n) is 9.57. The van der Waals surface area contributed by atoms with Crippen molar-refractivity contribution in [1.82, 2.24) is 4.98 Å². The first kappa shape index (κ1) is 9.66. The molecule has 0 aliphatic heterocycles. The Morgan fingerprint density at radius 2 is 1.61 bits per heavy atom. The van der Waals surface area contributed by atoms with Gasteiger partial charge in [0.05, 0.1) is 0 Å². The summed E-state index contributed by atoms with van der Waals surface area (Å²) in [5, 5.41) is 4.38. The van der Waals surface area contributed by atoms with E-state index >= 15 is 0 Å². The fourth-order valence-electron chi connectivity index (χ4n) is 2.64. The third-order valence-electron chi connectivity index (χ3n) is 3.45. The van der Waals surface area contributed by atoms with Crippen molar-refractivity contribution < 1.29 is 4.39 Å². The van der Waals surface area contributed by atoms with Crippen molar-refractivity contribution in [2.75, 3.05) is 0 Å². The predicted molar refractivity (Wildman–Crippen MR) is 73.3 cm³/mol. The van der Waals surface area contributed by atoms with Crippen LogP contribution in [0.15, 0.2) is 54.6 Å². The van der Waals surface area contributed by atoms with Gasteiger partial charge in [-0.2, -0.15) is 0 Å². The van der Waals surface area contributed by atoms with Crippen LogP contribution < -0.4 is 0 Å². The number of rotatable bonds is 0. The zero-order chi connectivity index (χ0) is 12.1. The van der Waals surface area contributed by atoms with Gasteiger partial charge < -0.3 is 4.98 Å². The molecule has 0 spiro atoms. The van der Waals surface area contributed by atoms with Crippen molar-refractivity contribution in [3.63, 3.8) is 0 Å². The summed E-state index contributed by atoms with van der Waals surface area (Å²) in [7, 11) is 0. The molecule has 0 saturated carbocycles. The Labute approximate surface area is 103 Å². The minimum atomic E-state index is -0.198. The molecule has 0 unspecified atom stereocenters. The Hall–Kier alpha value is -2.35. The molecule has 0 radical (unpaired) electrons. The van der Waals surface area contributed by atoms with Gasteiger partial charge >= 0.3 is 0 Å². The average molecular weight is 235 g/mol. The fraction of sp³-hybridized carbons (Fsp3) is 0. The summed E-state index contributed by atoms with van der Waals surface area (Å²) in [5.74, 6) is -0.198. The minimum Gasteiger partial charge on any atom is -0.354 e. The molecule has 18 heavy (non-hydrogen) atoms. The lowest BCUT2D eigenvalue weighted by atomic mass is 10.0. The number of fused-ring (bicyclic) bond motifs is 5. The average Bonchev–Trinajstić information content (AvgIpc) is 2.77. The first-order valence-corrected chi connectivity index (χ1v) is 5.92.